The highest BCUT2D eigenvalue weighted by Gasteiger charge is 2.66. The van der Waals surface area contributed by atoms with Crippen LogP contribution in [0.3, 0.4) is 0 Å². The Morgan fingerprint density at radius 3 is 2.53 bits per heavy atom. The Kier molecular flexibility index (Phi) is 6.14. The summed E-state index contributed by atoms with van der Waals surface area (Å²) in [4.78, 5) is 39.6. The molecule has 162 valence electrons. The topological polar surface area (TPSA) is 94.2 Å². The Morgan fingerprint density at radius 2 is 1.93 bits per heavy atom. The molecule has 0 spiro atoms. The second-order valence-corrected chi connectivity index (χ2v) is 9.13. The minimum absolute atomic E-state index is 0.209. The number of nitrogens with one attached hydrogen (secondary N) is 1. The third-order valence-corrected chi connectivity index (χ3v) is 6.03. The molecule has 8 nitrogen and oxygen atoms in total. The fourth-order valence-electron chi connectivity index (χ4n) is 3.26. The van der Waals surface area contributed by atoms with Gasteiger partial charge in [-0.15, -0.1) is 11.8 Å². The van der Waals surface area contributed by atoms with Crippen LogP contribution in [0.15, 0.2) is 41.6 Å². The van der Waals surface area contributed by atoms with E-state index in [9.17, 15) is 14.4 Å². The molecule has 1 fully saturated rings. The Bertz CT molecular complexity index is 879. The number of ether oxygens (including phenoxy) is 3. The van der Waals surface area contributed by atoms with E-state index in [0.29, 0.717) is 11.5 Å². The van der Waals surface area contributed by atoms with Gasteiger partial charge in [0.1, 0.15) is 22.4 Å². The van der Waals surface area contributed by atoms with E-state index >= 15 is 0 Å². The van der Waals surface area contributed by atoms with Gasteiger partial charge in [0, 0.05) is 12.9 Å². The molecule has 2 atom stereocenters. The maximum atomic E-state index is 13.1. The van der Waals surface area contributed by atoms with Crippen molar-refractivity contribution in [3.63, 3.8) is 0 Å². The fraction of sp³-hybridized carbons (Fsp3) is 0.476. The van der Waals surface area contributed by atoms with Gasteiger partial charge in [-0.3, -0.25) is 14.5 Å². The molecule has 2 heterocycles. The van der Waals surface area contributed by atoms with Crippen molar-refractivity contribution in [3.8, 4) is 5.75 Å². The van der Waals surface area contributed by atoms with E-state index in [4.69, 9.17) is 14.2 Å². The van der Waals surface area contributed by atoms with E-state index in [1.54, 1.807) is 52.0 Å². The lowest BCUT2D eigenvalue weighted by atomic mass is 9.98. The number of β-lactam (4-membered cyclic amide) rings is 1. The number of methoxy groups -OCH3 is 1. The molecular weight excluding hydrogens is 408 g/mol. The summed E-state index contributed by atoms with van der Waals surface area (Å²) in [6, 6.07) is 8.89. The summed E-state index contributed by atoms with van der Waals surface area (Å²) in [5.41, 5.74) is -1.31. The van der Waals surface area contributed by atoms with Crippen molar-refractivity contribution in [2.24, 2.45) is 0 Å². The molecule has 0 bridgehead atoms. The van der Waals surface area contributed by atoms with Gasteiger partial charge < -0.3 is 19.5 Å². The molecule has 2 amide bonds. The van der Waals surface area contributed by atoms with Gasteiger partial charge in [-0.1, -0.05) is 18.2 Å². The van der Waals surface area contributed by atoms with Crippen molar-refractivity contribution in [1.29, 1.82) is 0 Å². The van der Waals surface area contributed by atoms with Gasteiger partial charge in [0.05, 0.1) is 0 Å². The average molecular weight is 435 g/mol. The number of nitrogens with zero attached hydrogens (tertiary/aromatic N) is 1. The second-order valence-electron chi connectivity index (χ2n) is 8.06. The number of rotatable bonds is 6. The molecule has 2 aliphatic rings. The van der Waals surface area contributed by atoms with Crippen molar-refractivity contribution in [1.82, 2.24) is 10.2 Å². The first-order valence-electron chi connectivity index (χ1n) is 9.51. The molecule has 0 saturated carbocycles. The second kappa shape index (κ2) is 8.31. The number of esters is 1. The molecular formula is C21H26N2O6S. The number of hydrogen-bond acceptors (Lipinski definition) is 7. The Balaban J connectivity index is 1.73. The first kappa shape index (κ1) is 22.2. The predicted molar refractivity (Wildman–Crippen MR) is 111 cm³/mol. The summed E-state index contributed by atoms with van der Waals surface area (Å²) in [6.45, 7) is 6.81. The maximum Gasteiger partial charge on any atom is 0.355 e. The van der Waals surface area contributed by atoms with E-state index in [0.717, 1.165) is 5.57 Å². The normalized spacial score (nSPS) is 23.4. The van der Waals surface area contributed by atoms with Crippen molar-refractivity contribution in [2.75, 3.05) is 19.5 Å². The minimum atomic E-state index is -1.56. The van der Waals surface area contributed by atoms with Crippen LogP contribution in [0.1, 0.15) is 27.7 Å². The van der Waals surface area contributed by atoms with Gasteiger partial charge in [0.2, 0.25) is 0 Å². The number of amides is 2. The number of para-hydroxylation sites is 1. The molecule has 1 N–H and O–H groups in total. The quantitative estimate of drug-likeness (QED) is 0.416. The smallest absolute Gasteiger partial charge is 0.355 e. The highest BCUT2D eigenvalue weighted by atomic mass is 32.2. The maximum absolute atomic E-state index is 13.1. The third kappa shape index (κ3) is 4.17. The Labute approximate surface area is 179 Å². The standard InChI is InChI=1S/C21H26N2O6S/c1-13-12-30-19-21(27-5,22-15(24)11-28-14-9-7-6-8-10-14)18(26)23(19)16(13)17(25)29-20(2,3)4/h6-10,19H,11-12H2,1-5H3,(H,22,24)/t19-,21+/m1/s1. The predicted octanol–water partition coefficient (Wildman–Crippen LogP) is 2.06. The van der Waals surface area contributed by atoms with E-state index in [1.807, 2.05) is 6.07 Å². The van der Waals surface area contributed by atoms with Crippen LogP contribution in [0.25, 0.3) is 0 Å². The van der Waals surface area contributed by atoms with Crippen LogP contribution in [-0.2, 0) is 23.9 Å². The first-order valence-corrected chi connectivity index (χ1v) is 10.6. The van der Waals surface area contributed by atoms with Crippen LogP contribution in [0.4, 0.5) is 0 Å². The lowest BCUT2D eigenvalue weighted by Gasteiger charge is -2.55. The molecule has 3 rings (SSSR count). The third-order valence-electron chi connectivity index (χ3n) is 4.57. The van der Waals surface area contributed by atoms with Crippen LogP contribution in [0.5, 0.6) is 5.75 Å². The zero-order valence-corrected chi connectivity index (χ0v) is 18.5. The highest BCUT2D eigenvalue weighted by Crippen LogP contribution is 2.46. The van der Waals surface area contributed by atoms with E-state index in [-0.39, 0.29) is 12.3 Å². The number of fused-ring (bicyclic) bond motifs is 1. The molecule has 0 aliphatic carbocycles. The van der Waals surface area contributed by atoms with Gasteiger partial charge in [-0.25, -0.2) is 4.79 Å². The van der Waals surface area contributed by atoms with Crippen molar-refractivity contribution < 1.29 is 28.6 Å². The highest BCUT2D eigenvalue weighted by molar-refractivity contribution is 8.00. The van der Waals surface area contributed by atoms with Gasteiger partial charge in [-0.2, -0.15) is 0 Å². The van der Waals surface area contributed by atoms with Crippen molar-refractivity contribution in [2.45, 2.75) is 44.4 Å². The zero-order valence-electron chi connectivity index (χ0n) is 17.7. The van der Waals surface area contributed by atoms with Gasteiger partial charge in [-0.05, 0) is 45.4 Å². The monoisotopic (exact) mass is 434 g/mol. The van der Waals surface area contributed by atoms with E-state index < -0.39 is 34.5 Å². The van der Waals surface area contributed by atoms with Crippen LogP contribution in [0, 0.1) is 0 Å². The van der Waals surface area contributed by atoms with Crippen LogP contribution >= 0.6 is 11.8 Å². The molecule has 1 aromatic carbocycles. The largest absolute Gasteiger partial charge is 0.484 e. The number of carbonyl (C=O) groups excluding carboxylic acids is 3. The summed E-state index contributed by atoms with van der Waals surface area (Å²) >= 11 is 1.41. The van der Waals surface area contributed by atoms with Crippen molar-refractivity contribution >= 4 is 29.5 Å². The molecule has 30 heavy (non-hydrogen) atoms. The van der Waals surface area contributed by atoms with E-state index in [2.05, 4.69) is 5.32 Å². The molecule has 1 saturated heterocycles. The summed E-state index contributed by atoms with van der Waals surface area (Å²) < 4.78 is 16.4. The Morgan fingerprint density at radius 1 is 1.27 bits per heavy atom. The van der Waals surface area contributed by atoms with Crippen LogP contribution in [-0.4, -0.2) is 58.9 Å². The molecule has 1 aromatic rings. The minimum Gasteiger partial charge on any atom is -0.484 e. The number of benzene rings is 1. The molecule has 2 aliphatic heterocycles. The molecule has 9 heteroatoms. The van der Waals surface area contributed by atoms with Crippen LogP contribution in [0.2, 0.25) is 0 Å². The fourth-order valence-corrected chi connectivity index (χ4v) is 4.64. The SMILES string of the molecule is CO[C@@]1(NC(=O)COc2ccccc2)C(=O)N2C(C(=O)OC(C)(C)C)=C(C)CS[C@@H]21. The molecule has 0 aromatic heterocycles. The summed E-state index contributed by atoms with van der Waals surface area (Å²) in [5, 5.41) is 2.07. The van der Waals surface area contributed by atoms with Crippen LogP contribution < -0.4 is 10.1 Å². The summed E-state index contributed by atoms with van der Waals surface area (Å²) in [7, 11) is 1.35. The van der Waals surface area contributed by atoms with Gasteiger partial charge >= 0.3 is 5.97 Å². The summed E-state index contributed by atoms with van der Waals surface area (Å²) in [6.07, 6.45) is 0. The lowest BCUT2D eigenvalue weighted by Crippen LogP contribution is -2.81. The average Bonchev–Trinajstić information content (AvgIpc) is 2.69. The number of hydrogen-bond donors (Lipinski definition) is 1. The van der Waals surface area contributed by atoms with Crippen molar-refractivity contribution in [3.05, 3.63) is 41.6 Å². The number of carbonyl (C=O) groups is 3. The summed E-state index contributed by atoms with van der Waals surface area (Å²) in [5.74, 6) is -0.541. The number of thioether (sulfide) groups is 1. The Hall–Kier alpha value is -2.52. The van der Waals surface area contributed by atoms with E-state index in [1.165, 1.54) is 23.8 Å². The molecule has 0 radical (unpaired) electrons. The zero-order chi connectivity index (χ0) is 22.1. The first-order chi connectivity index (χ1) is 14.1. The van der Waals surface area contributed by atoms with Gasteiger partial charge in [0.25, 0.3) is 17.5 Å². The lowest BCUT2D eigenvalue weighted by molar-refractivity contribution is -0.194. The molecule has 0 unspecified atom stereocenters. The van der Waals surface area contributed by atoms with Gasteiger partial charge in [0.15, 0.2) is 6.61 Å².